The van der Waals surface area contributed by atoms with Gasteiger partial charge in [0.1, 0.15) is 5.82 Å². The van der Waals surface area contributed by atoms with Gasteiger partial charge in [-0.1, -0.05) is 19.1 Å². The van der Waals surface area contributed by atoms with Crippen molar-refractivity contribution in [2.45, 2.75) is 39.7 Å². The summed E-state index contributed by atoms with van der Waals surface area (Å²) in [5.41, 5.74) is 2.38. The SMILES string of the molecule is CCCNCCCc1nc2ccccc2n1CC. The number of para-hydroxylation sites is 2. The van der Waals surface area contributed by atoms with Crippen LogP contribution >= 0.6 is 0 Å². The number of imidazole rings is 1. The van der Waals surface area contributed by atoms with E-state index in [1.807, 2.05) is 0 Å². The van der Waals surface area contributed by atoms with Gasteiger partial charge in [0.05, 0.1) is 11.0 Å². The summed E-state index contributed by atoms with van der Waals surface area (Å²) in [6.45, 7) is 7.58. The molecule has 1 aromatic carbocycles. The van der Waals surface area contributed by atoms with Gasteiger partial charge in [-0.15, -0.1) is 0 Å². The van der Waals surface area contributed by atoms with E-state index in [4.69, 9.17) is 4.98 Å². The highest BCUT2D eigenvalue weighted by molar-refractivity contribution is 5.75. The molecule has 0 aliphatic carbocycles. The van der Waals surface area contributed by atoms with E-state index in [0.717, 1.165) is 38.0 Å². The lowest BCUT2D eigenvalue weighted by Crippen LogP contribution is -2.17. The molecule has 0 saturated heterocycles. The minimum absolute atomic E-state index is 0.998. The first-order chi connectivity index (χ1) is 8.86. The van der Waals surface area contributed by atoms with Crippen LogP contribution in [0.2, 0.25) is 0 Å². The standard InChI is InChI=1S/C15H23N3/c1-3-11-16-12-7-10-15-17-13-8-5-6-9-14(13)18(15)4-2/h5-6,8-9,16H,3-4,7,10-12H2,1-2H3. The minimum Gasteiger partial charge on any atom is -0.328 e. The molecule has 1 N–H and O–H groups in total. The molecule has 0 atom stereocenters. The van der Waals surface area contributed by atoms with Crippen molar-refractivity contribution >= 4 is 11.0 Å². The Morgan fingerprint density at radius 2 is 2.00 bits per heavy atom. The van der Waals surface area contributed by atoms with Crippen LogP contribution in [-0.4, -0.2) is 22.6 Å². The summed E-state index contributed by atoms with van der Waals surface area (Å²) < 4.78 is 2.33. The number of hydrogen-bond acceptors (Lipinski definition) is 2. The Labute approximate surface area is 109 Å². The zero-order chi connectivity index (χ0) is 12.8. The molecule has 0 bridgehead atoms. The van der Waals surface area contributed by atoms with Crippen molar-refractivity contribution in [2.75, 3.05) is 13.1 Å². The molecule has 0 amide bonds. The number of nitrogens with zero attached hydrogens (tertiary/aromatic N) is 2. The number of hydrogen-bond donors (Lipinski definition) is 1. The van der Waals surface area contributed by atoms with Crippen LogP contribution in [0.1, 0.15) is 32.5 Å². The predicted molar refractivity (Wildman–Crippen MR) is 76.9 cm³/mol. The number of rotatable bonds is 7. The molecular weight excluding hydrogens is 222 g/mol. The molecule has 1 aromatic heterocycles. The van der Waals surface area contributed by atoms with E-state index >= 15 is 0 Å². The summed E-state index contributed by atoms with van der Waals surface area (Å²) in [6, 6.07) is 8.40. The zero-order valence-corrected chi connectivity index (χ0v) is 11.4. The molecule has 0 aliphatic heterocycles. The van der Waals surface area contributed by atoms with Gasteiger partial charge in [0.2, 0.25) is 0 Å². The van der Waals surface area contributed by atoms with Crippen molar-refractivity contribution in [2.24, 2.45) is 0 Å². The third-order valence-corrected chi connectivity index (χ3v) is 3.23. The summed E-state index contributed by atoms with van der Waals surface area (Å²) in [5.74, 6) is 1.22. The second-order valence-electron chi connectivity index (χ2n) is 4.61. The molecule has 0 saturated carbocycles. The third kappa shape index (κ3) is 2.91. The topological polar surface area (TPSA) is 29.9 Å². The van der Waals surface area contributed by atoms with E-state index in [0.29, 0.717) is 0 Å². The van der Waals surface area contributed by atoms with E-state index in [-0.39, 0.29) is 0 Å². The molecule has 2 aromatic rings. The maximum absolute atomic E-state index is 4.74. The zero-order valence-electron chi connectivity index (χ0n) is 11.4. The average Bonchev–Trinajstić information content (AvgIpc) is 2.76. The largest absolute Gasteiger partial charge is 0.328 e. The van der Waals surface area contributed by atoms with Crippen molar-refractivity contribution in [3.63, 3.8) is 0 Å². The van der Waals surface area contributed by atoms with Gasteiger partial charge in [0.15, 0.2) is 0 Å². The van der Waals surface area contributed by atoms with Crippen LogP contribution in [0.15, 0.2) is 24.3 Å². The van der Waals surface area contributed by atoms with Gasteiger partial charge < -0.3 is 9.88 Å². The van der Waals surface area contributed by atoms with Gasteiger partial charge in [-0.2, -0.15) is 0 Å². The van der Waals surface area contributed by atoms with Gasteiger partial charge in [-0.3, -0.25) is 0 Å². The molecule has 0 aliphatic rings. The first kappa shape index (κ1) is 13.1. The van der Waals surface area contributed by atoms with Gasteiger partial charge in [0.25, 0.3) is 0 Å². The highest BCUT2D eigenvalue weighted by Crippen LogP contribution is 2.16. The molecular formula is C15H23N3. The van der Waals surface area contributed by atoms with Crippen molar-refractivity contribution in [1.29, 1.82) is 0 Å². The Kier molecular flexibility index (Phi) is 4.76. The van der Waals surface area contributed by atoms with E-state index in [2.05, 4.69) is 48.0 Å². The smallest absolute Gasteiger partial charge is 0.109 e. The summed E-state index contributed by atoms with van der Waals surface area (Å²) in [6.07, 6.45) is 3.41. The quantitative estimate of drug-likeness (QED) is 0.760. The molecule has 0 fully saturated rings. The van der Waals surface area contributed by atoms with Gasteiger partial charge in [0, 0.05) is 13.0 Å². The normalized spacial score (nSPS) is 11.2. The summed E-state index contributed by atoms with van der Waals surface area (Å²) in [5, 5.41) is 3.44. The van der Waals surface area contributed by atoms with Crippen LogP contribution in [-0.2, 0) is 13.0 Å². The molecule has 3 nitrogen and oxygen atoms in total. The van der Waals surface area contributed by atoms with Crippen molar-refractivity contribution in [1.82, 2.24) is 14.9 Å². The molecule has 0 spiro atoms. The first-order valence-electron chi connectivity index (χ1n) is 7.01. The maximum atomic E-state index is 4.74. The second-order valence-corrected chi connectivity index (χ2v) is 4.61. The molecule has 0 unspecified atom stereocenters. The van der Waals surface area contributed by atoms with E-state index < -0.39 is 0 Å². The van der Waals surface area contributed by atoms with Crippen LogP contribution in [0, 0.1) is 0 Å². The predicted octanol–water partition coefficient (Wildman–Crippen LogP) is 2.99. The van der Waals surface area contributed by atoms with Crippen LogP contribution in [0.4, 0.5) is 0 Å². The fourth-order valence-electron chi connectivity index (χ4n) is 2.34. The first-order valence-corrected chi connectivity index (χ1v) is 7.01. The van der Waals surface area contributed by atoms with Gasteiger partial charge in [-0.25, -0.2) is 4.98 Å². The Morgan fingerprint density at radius 3 is 2.78 bits per heavy atom. The number of fused-ring (bicyclic) bond motifs is 1. The Balaban J connectivity index is 2.03. The molecule has 2 rings (SSSR count). The van der Waals surface area contributed by atoms with E-state index in [1.54, 1.807) is 0 Å². The average molecular weight is 245 g/mol. The van der Waals surface area contributed by atoms with E-state index in [9.17, 15) is 0 Å². The highest BCUT2D eigenvalue weighted by atomic mass is 15.1. The van der Waals surface area contributed by atoms with Crippen molar-refractivity contribution in [3.05, 3.63) is 30.1 Å². The molecule has 98 valence electrons. The lowest BCUT2D eigenvalue weighted by atomic mass is 10.3. The van der Waals surface area contributed by atoms with Crippen LogP contribution in [0.25, 0.3) is 11.0 Å². The Morgan fingerprint density at radius 1 is 1.17 bits per heavy atom. The molecule has 18 heavy (non-hydrogen) atoms. The van der Waals surface area contributed by atoms with Crippen LogP contribution in [0.5, 0.6) is 0 Å². The lowest BCUT2D eigenvalue weighted by Gasteiger charge is -2.06. The number of aryl methyl sites for hydroxylation is 2. The van der Waals surface area contributed by atoms with Gasteiger partial charge >= 0.3 is 0 Å². The number of benzene rings is 1. The molecule has 0 radical (unpaired) electrons. The number of nitrogens with one attached hydrogen (secondary N) is 1. The summed E-state index contributed by atoms with van der Waals surface area (Å²) in [7, 11) is 0. The number of aromatic nitrogens is 2. The Bertz CT molecular complexity index is 487. The summed E-state index contributed by atoms with van der Waals surface area (Å²) >= 11 is 0. The van der Waals surface area contributed by atoms with Crippen molar-refractivity contribution < 1.29 is 0 Å². The third-order valence-electron chi connectivity index (χ3n) is 3.23. The highest BCUT2D eigenvalue weighted by Gasteiger charge is 2.07. The molecule has 1 heterocycles. The van der Waals surface area contributed by atoms with Gasteiger partial charge in [-0.05, 0) is 45.0 Å². The molecule has 3 heteroatoms. The van der Waals surface area contributed by atoms with E-state index in [1.165, 1.54) is 17.8 Å². The van der Waals surface area contributed by atoms with Crippen LogP contribution < -0.4 is 5.32 Å². The monoisotopic (exact) mass is 245 g/mol. The minimum atomic E-state index is 0.998. The van der Waals surface area contributed by atoms with Crippen molar-refractivity contribution in [3.8, 4) is 0 Å². The maximum Gasteiger partial charge on any atom is 0.109 e. The fourth-order valence-corrected chi connectivity index (χ4v) is 2.34. The fraction of sp³-hybridized carbons (Fsp3) is 0.533. The second kappa shape index (κ2) is 6.55. The lowest BCUT2D eigenvalue weighted by molar-refractivity contribution is 0.615. The Hall–Kier alpha value is -1.35. The summed E-state index contributed by atoms with van der Waals surface area (Å²) in [4.78, 5) is 4.74. The van der Waals surface area contributed by atoms with Crippen LogP contribution in [0.3, 0.4) is 0 Å².